The van der Waals surface area contributed by atoms with Gasteiger partial charge in [-0.1, -0.05) is 127 Å². The highest BCUT2D eigenvalue weighted by Crippen LogP contribution is 2.42. The van der Waals surface area contributed by atoms with E-state index in [2.05, 4.69) is 169 Å². The van der Waals surface area contributed by atoms with Crippen LogP contribution < -0.4 is 4.90 Å². The summed E-state index contributed by atoms with van der Waals surface area (Å²) in [5.41, 5.74) is 12.1. The van der Waals surface area contributed by atoms with Gasteiger partial charge in [0.25, 0.3) is 0 Å². The van der Waals surface area contributed by atoms with Crippen molar-refractivity contribution in [3.05, 3.63) is 176 Å². The fraction of sp³-hybridized carbons (Fsp3) is 0. The molecule has 0 bridgehead atoms. The monoisotopic (exact) mass is 563 g/mol. The fourth-order valence-corrected chi connectivity index (χ4v) is 6.18. The van der Waals surface area contributed by atoms with E-state index in [-0.39, 0.29) is 0 Å². The van der Waals surface area contributed by atoms with Gasteiger partial charge in [0.1, 0.15) is 11.2 Å². The molecule has 0 N–H and O–H groups in total. The molecule has 0 amide bonds. The Balaban J connectivity index is 1.24. The van der Waals surface area contributed by atoms with E-state index in [0.29, 0.717) is 0 Å². The Morgan fingerprint density at radius 2 is 0.909 bits per heavy atom. The van der Waals surface area contributed by atoms with Crippen molar-refractivity contribution in [3.63, 3.8) is 0 Å². The molecule has 0 atom stereocenters. The Kier molecular flexibility index (Phi) is 6.51. The van der Waals surface area contributed by atoms with Crippen LogP contribution in [0.25, 0.3) is 55.3 Å². The van der Waals surface area contributed by atoms with Crippen LogP contribution in [0.5, 0.6) is 0 Å². The zero-order valence-corrected chi connectivity index (χ0v) is 24.1. The van der Waals surface area contributed by atoms with Crippen LogP contribution >= 0.6 is 0 Å². The maximum atomic E-state index is 6.45. The molecule has 2 nitrogen and oxygen atoms in total. The van der Waals surface area contributed by atoms with E-state index in [9.17, 15) is 0 Å². The van der Waals surface area contributed by atoms with Gasteiger partial charge in [0.15, 0.2) is 0 Å². The van der Waals surface area contributed by atoms with Crippen molar-refractivity contribution in [3.8, 4) is 33.4 Å². The molecule has 0 spiro atoms. The number of rotatable bonds is 6. The zero-order valence-electron chi connectivity index (χ0n) is 24.1. The maximum Gasteiger partial charge on any atom is 0.143 e. The van der Waals surface area contributed by atoms with Gasteiger partial charge < -0.3 is 9.32 Å². The lowest BCUT2D eigenvalue weighted by Crippen LogP contribution is -2.09. The Morgan fingerprint density at radius 1 is 0.341 bits per heavy atom. The molecule has 1 aromatic heterocycles. The highest BCUT2D eigenvalue weighted by molar-refractivity contribution is 6.10. The summed E-state index contributed by atoms with van der Waals surface area (Å²) in [5.74, 6) is 0. The SMILES string of the molecule is c1ccc(-c2cc(-c3ccc(N(c4ccccc4)c4ccccc4)cc3)ccc2-c2cccc3c2oc2ccccc23)cc1. The number of hydrogen-bond acceptors (Lipinski definition) is 2. The first-order valence-corrected chi connectivity index (χ1v) is 14.9. The highest BCUT2D eigenvalue weighted by Gasteiger charge is 2.17. The molecule has 1 heterocycles. The van der Waals surface area contributed by atoms with E-state index in [1.165, 1.54) is 22.3 Å². The predicted molar refractivity (Wildman–Crippen MR) is 185 cm³/mol. The quantitative estimate of drug-likeness (QED) is 0.200. The Bertz CT molecular complexity index is 2160. The number of hydrogen-bond donors (Lipinski definition) is 0. The van der Waals surface area contributed by atoms with Crippen molar-refractivity contribution in [2.45, 2.75) is 0 Å². The molecule has 0 aliphatic rings. The third-order valence-corrected chi connectivity index (χ3v) is 8.29. The second-order valence-corrected chi connectivity index (χ2v) is 11.0. The van der Waals surface area contributed by atoms with Crippen LogP contribution in [-0.2, 0) is 0 Å². The fourth-order valence-electron chi connectivity index (χ4n) is 6.18. The van der Waals surface area contributed by atoms with Crippen LogP contribution in [-0.4, -0.2) is 0 Å². The Hall–Kier alpha value is -5.86. The van der Waals surface area contributed by atoms with Crippen molar-refractivity contribution < 1.29 is 4.42 Å². The minimum Gasteiger partial charge on any atom is -0.455 e. The lowest BCUT2D eigenvalue weighted by atomic mass is 9.90. The second kappa shape index (κ2) is 11.1. The summed E-state index contributed by atoms with van der Waals surface area (Å²) in [7, 11) is 0. The average Bonchev–Trinajstić information content (AvgIpc) is 3.49. The summed E-state index contributed by atoms with van der Waals surface area (Å²) < 4.78 is 6.45. The summed E-state index contributed by atoms with van der Waals surface area (Å²) in [6, 6.07) is 62.0. The topological polar surface area (TPSA) is 16.4 Å². The van der Waals surface area contributed by atoms with Gasteiger partial charge in [-0.05, 0) is 76.3 Å². The lowest BCUT2D eigenvalue weighted by molar-refractivity contribution is 0.670. The number of anilines is 3. The predicted octanol–water partition coefficient (Wildman–Crippen LogP) is 12.1. The summed E-state index contributed by atoms with van der Waals surface area (Å²) in [5, 5.41) is 2.28. The third-order valence-electron chi connectivity index (χ3n) is 8.29. The van der Waals surface area contributed by atoms with Crippen LogP contribution in [0.15, 0.2) is 180 Å². The molecule has 0 saturated heterocycles. The molecule has 0 fully saturated rings. The Morgan fingerprint density at radius 3 is 1.61 bits per heavy atom. The van der Waals surface area contributed by atoms with Crippen molar-refractivity contribution >= 4 is 39.0 Å². The average molecular weight is 564 g/mol. The molecule has 8 aromatic rings. The molecule has 8 rings (SSSR count). The normalized spacial score (nSPS) is 11.2. The van der Waals surface area contributed by atoms with E-state index < -0.39 is 0 Å². The first kappa shape index (κ1) is 25.8. The largest absolute Gasteiger partial charge is 0.455 e. The van der Waals surface area contributed by atoms with Gasteiger partial charge in [0.05, 0.1) is 0 Å². The van der Waals surface area contributed by atoms with Gasteiger partial charge in [-0.3, -0.25) is 0 Å². The van der Waals surface area contributed by atoms with Gasteiger partial charge in [0.2, 0.25) is 0 Å². The summed E-state index contributed by atoms with van der Waals surface area (Å²) in [6.45, 7) is 0. The van der Waals surface area contributed by atoms with E-state index >= 15 is 0 Å². The summed E-state index contributed by atoms with van der Waals surface area (Å²) in [4.78, 5) is 2.29. The number of benzene rings is 7. The minimum atomic E-state index is 0.910. The van der Waals surface area contributed by atoms with Crippen molar-refractivity contribution in [2.75, 3.05) is 4.90 Å². The smallest absolute Gasteiger partial charge is 0.143 e. The molecule has 0 saturated carbocycles. The molecule has 208 valence electrons. The van der Waals surface area contributed by atoms with Crippen LogP contribution in [0.2, 0.25) is 0 Å². The molecule has 0 radical (unpaired) electrons. The van der Waals surface area contributed by atoms with Crippen LogP contribution in [0, 0.1) is 0 Å². The number of nitrogens with zero attached hydrogens (tertiary/aromatic N) is 1. The van der Waals surface area contributed by atoms with Crippen molar-refractivity contribution in [1.29, 1.82) is 0 Å². The van der Waals surface area contributed by atoms with E-state index in [1.54, 1.807) is 0 Å². The molecule has 44 heavy (non-hydrogen) atoms. The number of para-hydroxylation sites is 4. The zero-order chi connectivity index (χ0) is 29.3. The molecule has 7 aromatic carbocycles. The minimum absolute atomic E-state index is 0.910. The van der Waals surface area contributed by atoms with E-state index in [0.717, 1.165) is 50.1 Å². The summed E-state index contributed by atoms with van der Waals surface area (Å²) >= 11 is 0. The molecule has 0 aliphatic carbocycles. The van der Waals surface area contributed by atoms with Gasteiger partial charge in [-0.2, -0.15) is 0 Å². The molecule has 0 unspecified atom stereocenters. The molecule has 2 heteroatoms. The maximum absolute atomic E-state index is 6.45. The van der Waals surface area contributed by atoms with Crippen LogP contribution in [0.3, 0.4) is 0 Å². The first-order valence-electron chi connectivity index (χ1n) is 14.9. The van der Waals surface area contributed by atoms with Gasteiger partial charge >= 0.3 is 0 Å². The van der Waals surface area contributed by atoms with E-state index in [1.807, 2.05) is 12.1 Å². The van der Waals surface area contributed by atoms with Gasteiger partial charge in [-0.15, -0.1) is 0 Å². The molecular weight excluding hydrogens is 534 g/mol. The molecule has 0 aliphatic heterocycles. The lowest BCUT2D eigenvalue weighted by Gasteiger charge is -2.25. The van der Waals surface area contributed by atoms with Crippen LogP contribution in [0.4, 0.5) is 17.1 Å². The third kappa shape index (κ3) is 4.63. The van der Waals surface area contributed by atoms with Gasteiger partial charge in [-0.25, -0.2) is 0 Å². The van der Waals surface area contributed by atoms with E-state index in [4.69, 9.17) is 4.42 Å². The number of furan rings is 1. The van der Waals surface area contributed by atoms with Gasteiger partial charge in [0, 0.05) is 33.4 Å². The van der Waals surface area contributed by atoms with Crippen LogP contribution in [0.1, 0.15) is 0 Å². The van der Waals surface area contributed by atoms with Crippen molar-refractivity contribution in [1.82, 2.24) is 0 Å². The molecular formula is C42H29NO. The Labute approximate surface area is 257 Å². The second-order valence-electron chi connectivity index (χ2n) is 11.0. The number of fused-ring (bicyclic) bond motifs is 3. The standard InChI is InChI=1S/C42H29NO/c1-4-13-31(14-5-1)40-29-32(25-28-36(40)38-20-12-21-39-37-19-10-11-22-41(37)44-42(38)39)30-23-26-35(27-24-30)43(33-15-6-2-7-16-33)34-17-8-3-9-18-34/h1-29H. The van der Waals surface area contributed by atoms with Crippen molar-refractivity contribution in [2.24, 2.45) is 0 Å². The highest BCUT2D eigenvalue weighted by atomic mass is 16.3. The summed E-state index contributed by atoms with van der Waals surface area (Å²) in [6.07, 6.45) is 0. The first-order chi connectivity index (χ1) is 21.8.